The van der Waals surface area contributed by atoms with Crippen molar-refractivity contribution in [3.63, 3.8) is 0 Å². The number of halogens is 2. The van der Waals surface area contributed by atoms with Gasteiger partial charge in [-0.15, -0.1) is 0 Å². The predicted molar refractivity (Wildman–Crippen MR) is 85.4 cm³/mol. The van der Waals surface area contributed by atoms with Crippen molar-refractivity contribution in [1.29, 1.82) is 0 Å². The molecule has 0 spiro atoms. The summed E-state index contributed by atoms with van der Waals surface area (Å²) in [5.41, 5.74) is 13.3. The average Bonchev–Trinajstić information content (AvgIpc) is 2.35. The molecule has 0 aliphatic heterocycles. The number of nitrogens with two attached hydrogens (primary N) is 2. The molecule has 2 aromatic rings. The van der Waals surface area contributed by atoms with E-state index in [0.717, 1.165) is 11.1 Å². The van der Waals surface area contributed by atoms with Crippen molar-refractivity contribution < 1.29 is 9.53 Å². The normalized spacial score (nSPS) is 10.5. The summed E-state index contributed by atoms with van der Waals surface area (Å²) in [5, 5.41) is 0.635. The second kappa shape index (κ2) is 5.84. The predicted octanol–water partition coefficient (Wildman–Crippen LogP) is 4.08. The summed E-state index contributed by atoms with van der Waals surface area (Å²) in [7, 11) is 0. The van der Waals surface area contributed by atoms with E-state index >= 15 is 0 Å². The molecule has 4 nitrogen and oxygen atoms in total. The Balaban J connectivity index is 2.48. The molecule has 0 saturated heterocycles. The molecule has 21 heavy (non-hydrogen) atoms. The van der Waals surface area contributed by atoms with Crippen LogP contribution < -0.4 is 16.2 Å². The maximum atomic E-state index is 11.2. The fourth-order valence-corrected chi connectivity index (χ4v) is 2.61. The van der Waals surface area contributed by atoms with Gasteiger partial charge >= 0.3 is 0 Å². The highest BCUT2D eigenvalue weighted by molar-refractivity contribution is 6.37. The second-order valence-corrected chi connectivity index (χ2v) is 5.53. The van der Waals surface area contributed by atoms with Gasteiger partial charge in [0.25, 0.3) is 0 Å². The van der Waals surface area contributed by atoms with Crippen LogP contribution in [0.3, 0.4) is 0 Å². The van der Waals surface area contributed by atoms with Crippen molar-refractivity contribution in [1.82, 2.24) is 0 Å². The van der Waals surface area contributed by atoms with E-state index in [9.17, 15) is 4.79 Å². The van der Waals surface area contributed by atoms with Crippen molar-refractivity contribution in [3.05, 3.63) is 51.0 Å². The van der Waals surface area contributed by atoms with Crippen LogP contribution in [0.15, 0.2) is 24.3 Å². The Kier molecular flexibility index (Phi) is 4.30. The third-order valence-corrected chi connectivity index (χ3v) is 3.53. The molecular formula is C15H14Cl2N2O2. The molecule has 4 N–H and O–H groups in total. The first-order chi connectivity index (χ1) is 9.79. The van der Waals surface area contributed by atoms with Gasteiger partial charge in [-0.05, 0) is 49.2 Å². The van der Waals surface area contributed by atoms with Crippen molar-refractivity contribution in [2.24, 2.45) is 5.73 Å². The zero-order valence-electron chi connectivity index (χ0n) is 11.5. The second-order valence-electron chi connectivity index (χ2n) is 4.72. The van der Waals surface area contributed by atoms with Gasteiger partial charge in [-0.3, -0.25) is 4.79 Å². The highest BCUT2D eigenvalue weighted by Gasteiger charge is 2.15. The Hall–Kier alpha value is -1.91. The molecule has 6 heteroatoms. The van der Waals surface area contributed by atoms with Gasteiger partial charge < -0.3 is 16.2 Å². The molecule has 0 heterocycles. The monoisotopic (exact) mass is 324 g/mol. The molecule has 110 valence electrons. The van der Waals surface area contributed by atoms with Gasteiger partial charge in [-0.2, -0.15) is 0 Å². The third kappa shape index (κ3) is 3.23. The molecule has 0 aliphatic rings. The molecule has 1 amide bonds. The van der Waals surface area contributed by atoms with Crippen LogP contribution in [0.25, 0.3) is 0 Å². The Morgan fingerprint density at radius 3 is 1.90 bits per heavy atom. The lowest BCUT2D eigenvalue weighted by Crippen LogP contribution is -2.11. The smallest absolute Gasteiger partial charge is 0.248 e. The minimum absolute atomic E-state index is 0.317. The van der Waals surface area contributed by atoms with Crippen LogP contribution >= 0.6 is 23.2 Å². The number of nitrogen functional groups attached to an aromatic ring is 1. The Morgan fingerprint density at radius 2 is 1.48 bits per heavy atom. The molecule has 0 bridgehead atoms. The van der Waals surface area contributed by atoms with E-state index in [1.165, 1.54) is 0 Å². The molecule has 0 aromatic heterocycles. The summed E-state index contributed by atoms with van der Waals surface area (Å²) in [4.78, 5) is 11.2. The van der Waals surface area contributed by atoms with E-state index in [-0.39, 0.29) is 0 Å². The maximum absolute atomic E-state index is 11.2. The number of hydrogen-bond donors (Lipinski definition) is 2. The molecule has 0 fully saturated rings. The maximum Gasteiger partial charge on any atom is 0.248 e. The van der Waals surface area contributed by atoms with Crippen LogP contribution in [0.1, 0.15) is 21.5 Å². The van der Waals surface area contributed by atoms with Gasteiger partial charge in [-0.1, -0.05) is 23.2 Å². The quantitative estimate of drug-likeness (QED) is 0.835. The fraction of sp³-hybridized carbons (Fsp3) is 0.133. The van der Waals surface area contributed by atoms with Gasteiger partial charge in [0, 0.05) is 11.3 Å². The summed E-state index contributed by atoms with van der Waals surface area (Å²) < 4.78 is 5.82. The number of aryl methyl sites for hydroxylation is 2. The molecule has 0 radical (unpaired) electrons. The van der Waals surface area contributed by atoms with Crippen LogP contribution in [0.5, 0.6) is 11.5 Å². The highest BCUT2D eigenvalue weighted by Crippen LogP contribution is 2.40. The van der Waals surface area contributed by atoms with Gasteiger partial charge in [0.1, 0.15) is 5.75 Å². The first-order valence-electron chi connectivity index (χ1n) is 6.13. The Bertz CT molecular complexity index is 684. The molecule has 2 rings (SSSR count). The van der Waals surface area contributed by atoms with Crippen molar-refractivity contribution in [3.8, 4) is 11.5 Å². The zero-order chi connectivity index (χ0) is 15.7. The number of carbonyl (C=O) groups excluding carboxylic acids is 1. The third-order valence-electron chi connectivity index (χ3n) is 2.97. The highest BCUT2D eigenvalue weighted by atomic mass is 35.5. The van der Waals surface area contributed by atoms with E-state index in [1.807, 2.05) is 13.8 Å². The number of rotatable bonds is 3. The fourth-order valence-electron chi connectivity index (χ4n) is 2.03. The van der Waals surface area contributed by atoms with Crippen LogP contribution in [0, 0.1) is 13.8 Å². The molecule has 0 aliphatic carbocycles. The first-order valence-corrected chi connectivity index (χ1v) is 6.88. The first kappa shape index (κ1) is 15.5. The number of hydrogen-bond acceptors (Lipinski definition) is 3. The molecular weight excluding hydrogens is 311 g/mol. The van der Waals surface area contributed by atoms with E-state index in [2.05, 4.69) is 0 Å². The van der Waals surface area contributed by atoms with E-state index in [4.69, 9.17) is 39.4 Å². The SMILES string of the molecule is Cc1cc(C(N)=O)cc(C)c1Oc1c(Cl)cc(N)cc1Cl. The molecule has 0 unspecified atom stereocenters. The minimum atomic E-state index is -0.490. The number of carbonyl (C=O) groups is 1. The van der Waals surface area contributed by atoms with Crippen molar-refractivity contribution >= 4 is 34.8 Å². The largest absolute Gasteiger partial charge is 0.454 e. The molecule has 0 saturated carbocycles. The van der Waals surface area contributed by atoms with Crippen LogP contribution in [0.4, 0.5) is 5.69 Å². The van der Waals surface area contributed by atoms with Crippen LogP contribution in [-0.2, 0) is 0 Å². The average molecular weight is 325 g/mol. The van der Waals surface area contributed by atoms with Crippen LogP contribution in [0.2, 0.25) is 10.0 Å². The standard InChI is InChI=1S/C15H14Cl2N2O2/c1-7-3-9(15(19)20)4-8(2)13(7)21-14-11(16)5-10(18)6-12(14)17/h3-6H,18H2,1-2H3,(H2,19,20). The summed E-state index contributed by atoms with van der Waals surface area (Å²) in [5.74, 6) is 0.412. The number of benzene rings is 2. The van der Waals surface area contributed by atoms with Gasteiger partial charge in [0.15, 0.2) is 5.75 Å². The number of amides is 1. The van der Waals surface area contributed by atoms with Gasteiger partial charge in [-0.25, -0.2) is 0 Å². The molecule has 2 aromatic carbocycles. The van der Waals surface area contributed by atoms with E-state index < -0.39 is 5.91 Å². The van der Waals surface area contributed by atoms with E-state index in [0.29, 0.717) is 32.8 Å². The van der Waals surface area contributed by atoms with Gasteiger partial charge in [0.2, 0.25) is 5.91 Å². The lowest BCUT2D eigenvalue weighted by atomic mass is 10.1. The minimum Gasteiger partial charge on any atom is -0.454 e. The number of anilines is 1. The summed E-state index contributed by atoms with van der Waals surface area (Å²) in [6.45, 7) is 3.63. The number of ether oxygens (including phenoxy) is 1. The number of primary amides is 1. The topological polar surface area (TPSA) is 78.3 Å². The molecule has 0 atom stereocenters. The van der Waals surface area contributed by atoms with Crippen molar-refractivity contribution in [2.45, 2.75) is 13.8 Å². The Morgan fingerprint density at radius 1 is 1.00 bits per heavy atom. The van der Waals surface area contributed by atoms with Crippen LogP contribution in [-0.4, -0.2) is 5.91 Å². The van der Waals surface area contributed by atoms with E-state index in [1.54, 1.807) is 24.3 Å². The summed E-state index contributed by atoms with van der Waals surface area (Å²) in [6.07, 6.45) is 0. The summed E-state index contributed by atoms with van der Waals surface area (Å²) in [6, 6.07) is 6.43. The Labute approximate surface area is 132 Å². The van der Waals surface area contributed by atoms with Crippen molar-refractivity contribution in [2.75, 3.05) is 5.73 Å². The zero-order valence-corrected chi connectivity index (χ0v) is 13.0. The summed E-state index contributed by atoms with van der Waals surface area (Å²) >= 11 is 12.2. The van der Waals surface area contributed by atoms with Gasteiger partial charge in [0.05, 0.1) is 10.0 Å². The lowest BCUT2D eigenvalue weighted by Gasteiger charge is -2.15. The lowest BCUT2D eigenvalue weighted by molar-refractivity contribution is 0.1000.